The molecule has 2 N–H and O–H groups in total. The maximum absolute atomic E-state index is 12.9. The molecule has 2 heterocycles. The Bertz CT molecular complexity index is 1060. The topological polar surface area (TPSA) is 61.1 Å². The number of rotatable bonds is 3. The third kappa shape index (κ3) is 3.80. The molecule has 1 aromatic heterocycles. The molecule has 28 heavy (non-hydrogen) atoms. The van der Waals surface area contributed by atoms with Crippen molar-refractivity contribution in [1.82, 2.24) is 14.9 Å². The van der Waals surface area contributed by atoms with E-state index in [1.165, 1.54) is 0 Å². The van der Waals surface area contributed by atoms with Crippen LogP contribution in [0.3, 0.4) is 0 Å². The molecule has 148 valence electrons. The lowest BCUT2D eigenvalue weighted by molar-refractivity contribution is -0.237. The van der Waals surface area contributed by atoms with E-state index in [9.17, 15) is 18.0 Å². The van der Waals surface area contributed by atoms with Gasteiger partial charge in [-0.15, -0.1) is 0 Å². The summed E-state index contributed by atoms with van der Waals surface area (Å²) >= 11 is 6.59. The summed E-state index contributed by atoms with van der Waals surface area (Å²) in [6, 6.07) is 10.9. The average molecular weight is 412 g/mol. The molecule has 0 saturated carbocycles. The maximum Gasteiger partial charge on any atom is 0.415 e. The third-order valence-corrected chi connectivity index (χ3v) is 5.26. The van der Waals surface area contributed by atoms with Crippen LogP contribution in [0.15, 0.2) is 41.2 Å². The fourth-order valence-electron chi connectivity index (χ4n) is 3.41. The molecule has 1 unspecified atom stereocenters. The molecule has 5 nitrogen and oxygen atoms in total. The normalized spacial score (nSPS) is 18.6. The summed E-state index contributed by atoms with van der Waals surface area (Å²) < 4.78 is 43.7. The standard InChI is InChI=1S/C19H17ClF3N3O2/c20-17-12(9-26-6-7-28-16(10-26)19(21,22)23)2-1-3-13(17)11-4-5-14-15(8-11)25-18(27)24-14/h1-5,8,16H,6-7,9-10H2,(H2,24,25,27). The summed E-state index contributed by atoms with van der Waals surface area (Å²) in [6.07, 6.45) is -6.16. The molecule has 0 amide bonds. The Labute approximate surface area is 163 Å². The van der Waals surface area contributed by atoms with Crippen molar-refractivity contribution >= 4 is 22.6 Å². The van der Waals surface area contributed by atoms with Crippen LogP contribution in [0.5, 0.6) is 0 Å². The number of benzene rings is 2. The molecule has 9 heteroatoms. The average Bonchev–Trinajstić information content (AvgIpc) is 3.02. The summed E-state index contributed by atoms with van der Waals surface area (Å²) in [5.74, 6) is 0. The zero-order chi connectivity index (χ0) is 19.9. The molecular formula is C19H17ClF3N3O2. The van der Waals surface area contributed by atoms with Gasteiger partial charge in [0.2, 0.25) is 0 Å². The quantitative estimate of drug-likeness (QED) is 0.686. The van der Waals surface area contributed by atoms with E-state index in [1.54, 1.807) is 17.0 Å². The van der Waals surface area contributed by atoms with Gasteiger partial charge in [-0.25, -0.2) is 4.79 Å². The van der Waals surface area contributed by atoms with Crippen molar-refractivity contribution in [2.45, 2.75) is 18.8 Å². The van der Waals surface area contributed by atoms with Crippen molar-refractivity contribution in [2.24, 2.45) is 0 Å². The number of aromatic amines is 2. The Morgan fingerprint density at radius 2 is 1.96 bits per heavy atom. The van der Waals surface area contributed by atoms with Gasteiger partial charge in [-0.3, -0.25) is 4.90 Å². The van der Waals surface area contributed by atoms with Gasteiger partial charge >= 0.3 is 11.9 Å². The van der Waals surface area contributed by atoms with E-state index in [0.717, 1.165) is 16.7 Å². The van der Waals surface area contributed by atoms with Crippen LogP contribution >= 0.6 is 11.6 Å². The van der Waals surface area contributed by atoms with Gasteiger partial charge in [0.1, 0.15) is 0 Å². The summed E-state index contributed by atoms with van der Waals surface area (Å²) in [5.41, 5.74) is 3.36. The Kier molecular flexibility index (Phi) is 4.95. The number of hydrogen-bond donors (Lipinski definition) is 2. The first-order valence-electron chi connectivity index (χ1n) is 8.72. The predicted molar refractivity (Wildman–Crippen MR) is 100 cm³/mol. The third-order valence-electron chi connectivity index (χ3n) is 4.82. The van der Waals surface area contributed by atoms with Crippen molar-refractivity contribution in [3.05, 3.63) is 57.5 Å². The summed E-state index contributed by atoms with van der Waals surface area (Å²) in [6.45, 7) is 0.509. The molecule has 2 aromatic carbocycles. The van der Waals surface area contributed by atoms with Crippen molar-refractivity contribution in [2.75, 3.05) is 19.7 Å². The molecule has 0 radical (unpaired) electrons. The Balaban J connectivity index is 1.60. The highest BCUT2D eigenvalue weighted by Gasteiger charge is 2.43. The molecule has 0 spiro atoms. The number of halogens is 4. The number of fused-ring (bicyclic) bond motifs is 1. The summed E-state index contributed by atoms with van der Waals surface area (Å²) in [7, 11) is 0. The molecular weight excluding hydrogens is 395 g/mol. The Morgan fingerprint density at radius 1 is 1.18 bits per heavy atom. The van der Waals surface area contributed by atoms with Crippen molar-refractivity contribution in [1.29, 1.82) is 0 Å². The maximum atomic E-state index is 12.9. The van der Waals surface area contributed by atoms with Gasteiger partial charge in [-0.05, 0) is 23.3 Å². The second kappa shape index (κ2) is 7.27. The van der Waals surface area contributed by atoms with Gasteiger partial charge in [0.15, 0.2) is 6.10 Å². The fraction of sp³-hybridized carbons (Fsp3) is 0.316. The second-order valence-corrected chi connectivity index (χ2v) is 7.13. The zero-order valence-corrected chi connectivity index (χ0v) is 15.4. The highest BCUT2D eigenvalue weighted by atomic mass is 35.5. The molecule has 4 rings (SSSR count). The van der Waals surface area contributed by atoms with E-state index < -0.39 is 12.3 Å². The van der Waals surface area contributed by atoms with E-state index in [1.807, 2.05) is 24.3 Å². The van der Waals surface area contributed by atoms with Gasteiger partial charge in [0, 0.05) is 25.2 Å². The van der Waals surface area contributed by atoms with E-state index in [-0.39, 0.29) is 18.8 Å². The largest absolute Gasteiger partial charge is 0.415 e. The second-order valence-electron chi connectivity index (χ2n) is 6.75. The first kappa shape index (κ1) is 19.0. The van der Waals surface area contributed by atoms with Crippen molar-refractivity contribution in [3.63, 3.8) is 0 Å². The minimum Gasteiger partial charge on any atom is -0.366 e. The number of nitrogens with one attached hydrogen (secondary N) is 2. The molecule has 1 aliphatic rings. The number of H-pyrrole nitrogens is 2. The molecule has 0 bridgehead atoms. The number of hydrogen-bond acceptors (Lipinski definition) is 3. The summed E-state index contributed by atoms with van der Waals surface area (Å²) in [4.78, 5) is 18.5. The monoisotopic (exact) mass is 411 g/mol. The lowest BCUT2D eigenvalue weighted by atomic mass is 10.0. The van der Waals surface area contributed by atoms with Crippen LogP contribution in [0.2, 0.25) is 5.02 Å². The van der Waals surface area contributed by atoms with Crippen LogP contribution in [0, 0.1) is 0 Å². The highest BCUT2D eigenvalue weighted by Crippen LogP contribution is 2.33. The molecule has 1 fully saturated rings. The van der Waals surface area contributed by atoms with E-state index in [0.29, 0.717) is 29.1 Å². The van der Waals surface area contributed by atoms with Crippen LogP contribution in [-0.4, -0.2) is 46.8 Å². The zero-order valence-electron chi connectivity index (χ0n) is 14.6. The lowest BCUT2D eigenvalue weighted by Gasteiger charge is -2.34. The first-order valence-corrected chi connectivity index (χ1v) is 9.09. The van der Waals surface area contributed by atoms with Crippen molar-refractivity contribution in [3.8, 4) is 11.1 Å². The molecule has 0 aliphatic carbocycles. The number of imidazole rings is 1. The molecule has 3 aromatic rings. The minimum atomic E-state index is -4.38. The first-order chi connectivity index (χ1) is 13.3. The smallest absolute Gasteiger partial charge is 0.366 e. The lowest BCUT2D eigenvalue weighted by Crippen LogP contribution is -2.48. The number of morpholine rings is 1. The van der Waals surface area contributed by atoms with Crippen LogP contribution < -0.4 is 5.69 Å². The fourth-order valence-corrected chi connectivity index (χ4v) is 3.70. The minimum absolute atomic E-state index is 0.0268. The van der Waals surface area contributed by atoms with Gasteiger partial charge in [-0.2, -0.15) is 13.2 Å². The molecule has 1 aliphatic heterocycles. The van der Waals surface area contributed by atoms with Crippen LogP contribution in [0.1, 0.15) is 5.56 Å². The Morgan fingerprint density at radius 3 is 2.75 bits per heavy atom. The van der Waals surface area contributed by atoms with E-state index in [2.05, 4.69) is 9.97 Å². The number of aromatic nitrogens is 2. The number of ether oxygens (including phenoxy) is 1. The molecule has 1 saturated heterocycles. The summed E-state index contributed by atoms with van der Waals surface area (Å²) in [5, 5.41) is 0.481. The van der Waals surface area contributed by atoms with Gasteiger partial charge in [-0.1, -0.05) is 35.9 Å². The Hall–Kier alpha value is -2.29. The van der Waals surface area contributed by atoms with Gasteiger partial charge < -0.3 is 14.7 Å². The van der Waals surface area contributed by atoms with E-state index in [4.69, 9.17) is 16.3 Å². The number of alkyl halides is 3. The predicted octanol–water partition coefficient (Wildman–Crippen LogP) is 3.94. The SMILES string of the molecule is O=c1[nH]c2ccc(-c3cccc(CN4CCOC(C(F)(F)F)C4)c3Cl)cc2[nH]1. The number of nitrogens with zero attached hydrogens (tertiary/aromatic N) is 1. The van der Waals surface area contributed by atoms with Gasteiger partial charge in [0.25, 0.3) is 0 Å². The van der Waals surface area contributed by atoms with E-state index >= 15 is 0 Å². The van der Waals surface area contributed by atoms with Gasteiger partial charge in [0.05, 0.1) is 22.7 Å². The van der Waals surface area contributed by atoms with Crippen molar-refractivity contribution < 1.29 is 17.9 Å². The van der Waals surface area contributed by atoms with Crippen LogP contribution in [0.25, 0.3) is 22.2 Å². The highest BCUT2D eigenvalue weighted by molar-refractivity contribution is 6.34. The van der Waals surface area contributed by atoms with Crippen LogP contribution in [-0.2, 0) is 11.3 Å². The van der Waals surface area contributed by atoms with Crippen LogP contribution in [0.4, 0.5) is 13.2 Å². The molecule has 1 atom stereocenters.